The highest BCUT2D eigenvalue weighted by Gasteiger charge is 2.09. The number of benzene rings is 2. The number of nitriles is 2. The Morgan fingerprint density at radius 1 is 0.762 bits per heavy atom. The summed E-state index contributed by atoms with van der Waals surface area (Å²) in [6.07, 6.45) is 0. The molecule has 0 aliphatic heterocycles. The fraction of sp³-hybridized carbons (Fsp3) is 0. The maximum Gasteiger partial charge on any atom is 0.148 e. The highest BCUT2D eigenvalue weighted by atomic mass is 32.1. The van der Waals surface area contributed by atoms with Crippen molar-refractivity contribution >= 4 is 11.3 Å². The molecule has 3 aromatic rings. The molecule has 0 spiro atoms. The highest BCUT2D eigenvalue weighted by molar-refractivity contribution is 7.17. The van der Waals surface area contributed by atoms with Crippen LogP contribution in [0.1, 0.15) is 11.1 Å². The minimum Gasteiger partial charge on any atom is -0.192 e. The van der Waals surface area contributed by atoms with Gasteiger partial charge in [0.1, 0.15) is 10.0 Å². The van der Waals surface area contributed by atoms with Gasteiger partial charge in [-0.1, -0.05) is 35.6 Å². The minimum absolute atomic E-state index is 0.593. The Hall–Kier alpha value is -3.02. The van der Waals surface area contributed by atoms with E-state index in [4.69, 9.17) is 10.5 Å². The van der Waals surface area contributed by atoms with Gasteiger partial charge >= 0.3 is 0 Å². The quantitative estimate of drug-likeness (QED) is 0.722. The van der Waals surface area contributed by atoms with Gasteiger partial charge in [-0.05, 0) is 24.3 Å². The van der Waals surface area contributed by atoms with Crippen LogP contribution in [0.15, 0.2) is 48.5 Å². The molecule has 21 heavy (non-hydrogen) atoms. The molecule has 1 aromatic heterocycles. The van der Waals surface area contributed by atoms with Crippen LogP contribution in [0.5, 0.6) is 0 Å². The summed E-state index contributed by atoms with van der Waals surface area (Å²) in [5.41, 5.74) is 2.93. The molecule has 1 heterocycles. The van der Waals surface area contributed by atoms with E-state index in [2.05, 4.69) is 22.3 Å². The average molecular weight is 288 g/mol. The zero-order valence-electron chi connectivity index (χ0n) is 10.8. The summed E-state index contributed by atoms with van der Waals surface area (Å²) in [6, 6.07) is 18.7. The first-order chi connectivity index (χ1) is 10.3. The Balaban J connectivity index is 2.00. The first-order valence-electron chi connectivity index (χ1n) is 6.15. The third kappa shape index (κ3) is 2.64. The molecule has 0 saturated carbocycles. The molecule has 0 fully saturated rings. The van der Waals surface area contributed by atoms with Gasteiger partial charge in [0, 0.05) is 11.1 Å². The Bertz CT molecular complexity index is 812. The Labute approximate surface area is 125 Å². The maximum atomic E-state index is 8.94. The summed E-state index contributed by atoms with van der Waals surface area (Å²) in [6.45, 7) is 0. The van der Waals surface area contributed by atoms with Crippen LogP contribution in [-0.2, 0) is 0 Å². The predicted molar refractivity (Wildman–Crippen MR) is 80.2 cm³/mol. The van der Waals surface area contributed by atoms with Gasteiger partial charge in [-0.3, -0.25) is 0 Å². The molecular formula is C16H8N4S. The molecule has 0 unspecified atom stereocenters. The fourth-order valence-electron chi connectivity index (χ4n) is 1.90. The molecule has 0 bridgehead atoms. The lowest BCUT2D eigenvalue weighted by molar-refractivity contribution is 1.10. The third-order valence-corrected chi connectivity index (χ3v) is 3.92. The van der Waals surface area contributed by atoms with E-state index in [1.54, 1.807) is 24.3 Å². The maximum absolute atomic E-state index is 8.94. The lowest BCUT2D eigenvalue weighted by Gasteiger charge is -1.96. The van der Waals surface area contributed by atoms with Gasteiger partial charge in [-0.15, -0.1) is 10.2 Å². The van der Waals surface area contributed by atoms with Crippen molar-refractivity contribution in [2.24, 2.45) is 0 Å². The zero-order chi connectivity index (χ0) is 14.7. The van der Waals surface area contributed by atoms with Crippen molar-refractivity contribution in [2.45, 2.75) is 0 Å². The smallest absolute Gasteiger partial charge is 0.148 e. The van der Waals surface area contributed by atoms with E-state index in [1.807, 2.05) is 24.3 Å². The van der Waals surface area contributed by atoms with E-state index in [0.29, 0.717) is 11.1 Å². The summed E-state index contributed by atoms with van der Waals surface area (Å²) in [5, 5.41) is 27.7. The Morgan fingerprint density at radius 3 is 1.67 bits per heavy atom. The van der Waals surface area contributed by atoms with Gasteiger partial charge < -0.3 is 0 Å². The normalized spacial score (nSPS) is 9.81. The van der Waals surface area contributed by atoms with Crippen molar-refractivity contribution in [1.29, 1.82) is 10.5 Å². The van der Waals surface area contributed by atoms with E-state index in [0.717, 1.165) is 21.1 Å². The van der Waals surface area contributed by atoms with Gasteiger partial charge in [-0.25, -0.2) is 0 Å². The van der Waals surface area contributed by atoms with E-state index in [9.17, 15) is 0 Å². The molecule has 0 aliphatic carbocycles. The summed E-state index contributed by atoms with van der Waals surface area (Å²) in [5.74, 6) is 0. The summed E-state index contributed by atoms with van der Waals surface area (Å²) < 4.78 is 0. The first kappa shape index (κ1) is 13.0. The number of nitrogens with zero attached hydrogens (tertiary/aromatic N) is 4. The molecule has 0 aliphatic rings. The van der Waals surface area contributed by atoms with Crippen molar-refractivity contribution < 1.29 is 0 Å². The third-order valence-electron chi connectivity index (χ3n) is 2.90. The van der Waals surface area contributed by atoms with Crippen molar-refractivity contribution in [2.75, 3.05) is 0 Å². The Kier molecular flexibility index (Phi) is 3.42. The van der Waals surface area contributed by atoms with Crippen LogP contribution in [0.3, 0.4) is 0 Å². The molecule has 5 heteroatoms. The summed E-state index contributed by atoms with van der Waals surface area (Å²) >= 11 is 1.44. The zero-order valence-corrected chi connectivity index (χ0v) is 11.6. The van der Waals surface area contributed by atoms with Crippen LogP contribution in [0.25, 0.3) is 21.1 Å². The molecule has 0 amide bonds. The second kappa shape index (κ2) is 5.54. The van der Waals surface area contributed by atoms with E-state index in [1.165, 1.54) is 11.3 Å². The Morgan fingerprint density at radius 2 is 1.24 bits per heavy atom. The molecule has 3 rings (SSSR count). The van der Waals surface area contributed by atoms with Crippen molar-refractivity contribution in [3.05, 3.63) is 59.7 Å². The molecule has 0 N–H and O–H groups in total. The van der Waals surface area contributed by atoms with Crippen molar-refractivity contribution in [3.63, 3.8) is 0 Å². The van der Waals surface area contributed by atoms with Crippen LogP contribution in [0.4, 0.5) is 0 Å². The van der Waals surface area contributed by atoms with Gasteiger partial charge in [0.05, 0.1) is 23.3 Å². The second-order valence-corrected chi connectivity index (χ2v) is 5.28. The number of hydrogen-bond acceptors (Lipinski definition) is 5. The molecule has 98 valence electrons. The number of rotatable bonds is 2. The van der Waals surface area contributed by atoms with Gasteiger partial charge in [0.25, 0.3) is 0 Å². The average Bonchev–Trinajstić information content (AvgIpc) is 3.05. The molecule has 0 saturated heterocycles. The number of aromatic nitrogens is 2. The predicted octanol–water partition coefficient (Wildman–Crippen LogP) is 3.62. The van der Waals surface area contributed by atoms with Gasteiger partial charge in [-0.2, -0.15) is 10.5 Å². The van der Waals surface area contributed by atoms with E-state index >= 15 is 0 Å². The van der Waals surface area contributed by atoms with Crippen LogP contribution in [0.2, 0.25) is 0 Å². The highest BCUT2D eigenvalue weighted by Crippen LogP contribution is 2.30. The van der Waals surface area contributed by atoms with Crippen molar-refractivity contribution in [3.8, 4) is 33.3 Å². The molecular weight excluding hydrogens is 280 g/mol. The molecule has 2 aromatic carbocycles. The van der Waals surface area contributed by atoms with Gasteiger partial charge in [0.2, 0.25) is 0 Å². The molecule has 0 radical (unpaired) electrons. The lowest BCUT2D eigenvalue weighted by atomic mass is 10.1. The summed E-state index contributed by atoms with van der Waals surface area (Å²) in [7, 11) is 0. The number of hydrogen-bond donors (Lipinski definition) is 0. The van der Waals surface area contributed by atoms with Crippen LogP contribution < -0.4 is 0 Å². The van der Waals surface area contributed by atoms with Crippen LogP contribution >= 0.6 is 11.3 Å². The van der Waals surface area contributed by atoms with E-state index in [-0.39, 0.29) is 0 Å². The minimum atomic E-state index is 0.593. The molecule has 0 atom stereocenters. The molecule has 4 nitrogen and oxygen atoms in total. The SMILES string of the molecule is N#Cc1cccc(-c2nnc(-c3cccc(C#N)c3)s2)c1. The largest absolute Gasteiger partial charge is 0.192 e. The second-order valence-electron chi connectivity index (χ2n) is 4.30. The summed E-state index contributed by atoms with van der Waals surface area (Å²) in [4.78, 5) is 0. The van der Waals surface area contributed by atoms with E-state index < -0.39 is 0 Å². The van der Waals surface area contributed by atoms with Crippen LogP contribution in [0, 0.1) is 22.7 Å². The first-order valence-corrected chi connectivity index (χ1v) is 6.96. The van der Waals surface area contributed by atoms with Crippen LogP contribution in [-0.4, -0.2) is 10.2 Å². The van der Waals surface area contributed by atoms with Gasteiger partial charge in [0.15, 0.2) is 0 Å². The fourth-order valence-corrected chi connectivity index (χ4v) is 2.74. The monoisotopic (exact) mass is 288 g/mol. The van der Waals surface area contributed by atoms with Crippen molar-refractivity contribution in [1.82, 2.24) is 10.2 Å². The lowest BCUT2D eigenvalue weighted by Crippen LogP contribution is -1.80. The topological polar surface area (TPSA) is 73.4 Å². The standard InChI is InChI=1S/C16H8N4S/c17-9-11-3-1-5-13(7-11)15-19-20-16(21-15)14-6-2-4-12(8-14)10-18/h1-8H.